The number of rotatable bonds is 9. The molecular formula is C29H34N6O3. The van der Waals surface area contributed by atoms with Crippen molar-refractivity contribution in [1.82, 2.24) is 4.90 Å². The molecule has 1 aliphatic heterocycles. The second-order valence-corrected chi connectivity index (χ2v) is 9.24. The molecule has 38 heavy (non-hydrogen) atoms. The van der Waals surface area contributed by atoms with E-state index in [1.807, 2.05) is 47.4 Å². The van der Waals surface area contributed by atoms with Crippen LogP contribution in [0, 0.1) is 5.41 Å². The van der Waals surface area contributed by atoms with Gasteiger partial charge in [-0.1, -0.05) is 48.5 Å². The number of ether oxygens (including phenoxy) is 1. The van der Waals surface area contributed by atoms with Crippen LogP contribution in [0.5, 0.6) is 5.75 Å². The monoisotopic (exact) mass is 514 g/mol. The molecule has 5 N–H and O–H groups in total. The summed E-state index contributed by atoms with van der Waals surface area (Å²) in [6, 6.07) is 24.0. The fraction of sp³-hybridized carbons (Fsp3) is 0.276. The molecule has 9 heteroatoms. The van der Waals surface area contributed by atoms with Crippen LogP contribution < -0.4 is 20.9 Å². The van der Waals surface area contributed by atoms with E-state index in [1.165, 1.54) is 0 Å². The quantitative estimate of drug-likeness (QED) is 0.192. The van der Waals surface area contributed by atoms with Crippen LogP contribution in [0.3, 0.4) is 0 Å². The number of nitrogens with two attached hydrogens (primary N) is 1. The van der Waals surface area contributed by atoms with Gasteiger partial charge in [0.05, 0.1) is 23.3 Å². The number of likely N-dealkylation sites (tertiary alicyclic amines) is 1. The van der Waals surface area contributed by atoms with Crippen molar-refractivity contribution in [2.45, 2.75) is 32.4 Å². The molecule has 198 valence electrons. The molecule has 0 bridgehead atoms. The number of carbonyl (C=O) groups excluding carboxylic acids is 1. The molecule has 1 saturated heterocycles. The third-order valence-electron chi connectivity index (χ3n) is 6.39. The SMILES string of the molecule is CC(=N)N1CCC(N=C(N)c2ccc(OCc3ccccc3)c(NC(=O)CN(O)c3ccccc3)c2)CC1. The lowest BCUT2D eigenvalue weighted by Crippen LogP contribution is -2.38. The summed E-state index contributed by atoms with van der Waals surface area (Å²) in [5, 5.41) is 21.9. The summed E-state index contributed by atoms with van der Waals surface area (Å²) in [5.41, 5.74) is 9.00. The van der Waals surface area contributed by atoms with E-state index in [4.69, 9.17) is 20.9 Å². The van der Waals surface area contributed by atoms with Crippen molar-refractivity contribution in [3.05, 3.63) is 90.0 Å². The Bertz CT molecular complexity index is 1260. The zero-order chi connectivity index (χ0) is 26.9. The van der Waals surface area contributed by atoms with E-state index >= 15 is 0 Å². The first-order valence-corrected chi connectivity index (χ1v) is 12.6. The smallest absolute Gasteiger partial charge is 0.246 e. The van der Waals surface area contributed by atoms with Crippen LogP contribution in [-0.2, 0) is 11.4 Å². The maximum Gasteiger partial charge on any atom is 0.246 e. The predicted molar refractivity (Wildman–Crippen MR) is 150 cm³/mol. The highest BCUT2D eigenvalue weighted by Gasteiger charge is 2.20. The number of aliphatic imine (C=N–C) groups is 1. The van der Waals surface area contributed by atoms with E-state index in [0.717, 1.165) is 36.6 Å². The van der Waals surface area contributed by atoms with Crippen LogP contribution in [0.2, 0.25) is 0 Å². The zero-order valence-corrected chi connectivity index (χ0v) is 21.5. The van der Waals surface area contributed by atoms with Crippen molar-refractivity contribution in [3.63, 3.8) is 0 Å². The third-order valence-corrected chi connectivity index (χ3v) is 6.39. The number of para-hydroxylation sites is 1. The van der Waals surface area contributed by atoms with Gasteiger partial charge in [0.2, 0.25) is 5.91 Å². The van der Waals surface area contributed by atoms with E-state index < -0.39 is 5.91 Å². The number of benzene rings is 3. The largest absolute Gasteiger partial charge is 0.487 e. The molecule has 1 fully saturated rings. The lowest BCUT2D eigenvalue weighted by atomic mass is 10.1. The molecule has 0 aliphatic carbocycles. The Balaban J connectivity index is 1.50. The van der Waals surface area contributed by atoms with E-state index in [0.29, 0.717) is 41.0 Å². The summed E-state index contributed by atoms with van der Waals surface area (Å²) in [6.07, 6.45) is 1.65. The standard InChI is InChI=1S/C29H34N6O3/c1-21(30)34-16-14-24(15-17-34)32-29(31)23-12-13-27(38-20-22-8-4-2-5-9-22)26(18-23)33-28(36)19-35(37)25-10-6-3-7-11-25/h2-13,18,24,30,37H,14-17,19-20H2,1H3,(H2,31,32)(H,33,36). The molecule has 1 amide bonds. The molecule has 0 unspecified atom stereocenters. The van der Waals surface area contributed by atoms with Gasteiger partial charge in [-0.3, -0.25) is 20.4 Å². The van der Waals surface area contributed by atoms with Crippen LogP contribution in [0.25, 0.3) is 0 Å². The summed E-state index contributed by atoms with van der Waals surface area (Å²) >= 11 is 0. The Hall–Kier alpha value is -4.37. The van der Waals surface area contributed by atoms with Gasteiger partial charge in [-0.2, -0.15) is 0 Å². The summed E-state index contributed by atoms with van der Waals surface area (Å²) in [7, 11) is 0. The maximum atomic E-state index is 12.9. The number of amides is 1. The fourth-order valence-corrected chi connectivity index (χ4v) is 4.27. The molecule has 3 aromatic rings. The Morgan fingerprint density at radius 1 is 1.11 bits per heavy atom. The van der Waals surface area contributed by atoms with Gasteiger partial charge in [0.25, 0.3) is 0 Å². The first kappa shape index (κ1) is 26.7. The second kappa shape index (κ2) is 12.7. The molecule has 3 aromatic carbocycles. The molecule has 0 atom stereocenters. The molecule has 4 rings (SSSR count). The predicted octanol–water partition coefficient (Wildman–Crippen LogP) is 4.27. The fourth-order valence-electron chi connectivity index (χ4n) is 4.27. The van der Waals surface area contributed by atoms with Crippen LogP contribution in [0.1, 0.15) is 30.9 Å². The van der Waals surface area contributed by atoms with Gasteiger partial charge in [-0.25, -0.2) is 5.06 Å². The van der Waals surface area contributed by atoms with Gasteiger partial charge >= 0.3 is 0 Å². The van der Waals surface area contributed by atoms with E-state index in [2.05, 4.69) is 5.32 Å². The summed E-state index contributed by atoms with van der Waals surface area (Å²) in [4.78, 5) is 19.6. The van der Waals surface area contributed by atoms with Crippen molar-refractivity contribution in [2.24, 2.45) is 10.7 Å². The molecule has 1 aliphatic rings. The van der Waals surface area contributed by atoms with Crippen LogP contribution in [0.4, 0.5) is 11.4 Å². The minimum Gasteiger partial charge on any atom is -0.487 e. The van der Waals surface area contributed by atoms with Gasteiger partial charge in [0.1, 0.15) is 24.7 Å². The van der Waals surface area contributed by atoms with Crippen molar-refractivity contribution in [1.29, 1.82) is 5.41 Å². The van der Waals surface area contributed by atoms with E-state index in [1.54, 1.807) is 43.3 Å². The van der Waals surface area contributed by atoms with E-state index in [9.17, 15) is 10.0 Å². The van der Waals surface area contributed by atoms with Crippen molar-refractivity contribution in [3.8, 4) is 5.75 Å². The summed E-state index contributed by atoms with van der Waals surface area (Å²) < 4.78 is 6.04. The van der Waals surface area contributed by atoms with Crippen LogP contribution in [-0.4, -0.2) is 53.4 Å². The third kappa shape index (κ3) is 7.33. The first-order valence-electron chi connectivity index (χ1n) is 12.6. The molecule has 1 heterocycles. The average Bonchev–Trinajstić information content (AvgIpc) is 2.93. The zero-order valence-electron chi connectivity index (χ0n) is 21.5. The van der Waals surface area contributed by atoms with Crippen LogP contribution in [0.15, 0.2) is 83.9 Å². The van der Waals surface area contributed by atoms with Gasteiger partial charge in [0.15, 0.2) is 0 Å². The Labute approximate surface area is 223 Å². The molecule has 0 saturated carbocycles. The van der Waals surface area contributed by atoms with Crippen LogP contribution >= 0.6 is 0 Å². The average molecular weight is 515 g/mol. The topological polar surface area (TPSA) is 127 Å². The number of carbonyl (C=O) groups is 1. The lowest BCUT2D eigenvalue weighted by molar-refractivity contribution is -0.115. The lowest BCUT2D eigenvalue weighted by Gasteiger charge is -2.31. The molecule has 0 spiro atoms. The van der Waals surface area contributed by atoms with Gasteiger partial charge in [0, 0.05) is 18.7 Å². The maximum absolute atomic E-state index is 12.9. The van der Waals surface area contributed by atoms with Crippen molar-refractivity contribution >= 4 is 29.0 Å². The van der Waals surface area contributed by atoms with Gasteiger partial charge in [-0.05, 0) is 55.7 Å². The van der Waals surface area contributed by atoms with E-state index in [-0.39, 0.29) is 12.6 Å². The number of hydroxylamine groups is 1. The van der Waals surface area contributed by atoms with Gasteiger partial charge < -0.3 is 20.7 Å². The highest BCUT2D eigenvalue weighted by molar-refractivity contribution is 6.01. The number of piperidine rings is 1. The number of amidine groups is 2. The number of nitrogens with one attached hydrogen (secondary N) is 2. The summed E-state index contributed by atoms with van der Waals surface area (Å²) in [5.74, 6) is 1.02. The minimum absolute atomic E-state index is 0.0754. The number of hydrogen-bond donors (Lipinski definition) is 4. The number of nitrogens with zero attached hydrogens (tertiary/aromatic N) is 3. The Morgan fingerprint density at radius 3 is 2.42 bits per heavy atom. The second-order valence-electron chi connectivity index (χ2n) is 9.24. The summed E-state index contributed by atoms with van der Waals surface area (Å²) in [6.45, 7) is 3.42. The highest BCUT2D eigenvalue weighted by atomic mass is 16.5. The first-order chi connectivity index (χ1) is 18.4. The Morgan fingerprint density at radius 2 is 1.76 bits per heavy atom. The molecule has 0 aromatic heterocycles. The van der Waals surface area contributed by atoms with Crippen molar-refractivity contribution < 1.29 is 14.7 Å². The normalized spacial score (nSPS) is 14.2. The molecule has 9 nitrogen and oxygen atoms in total. The van der Waals surface area contributed by atoms with Crippen molar-refractivity contribution in [2.75, 3.05) is 30.0 Å². The molecule has 0 radical (unpaired) electrons. The van der Waals surface area contributed by atoms with Gasteiger partial charge in [-0.15, -0.1) is 0 Å². The number of hydrogen-bond acceptors (Lipinski definition) is 6. The molecular weight excluding hydrogens is 480 g/mol. The minimum atomic E-state index is -0.414. The highest BCUT2D eigenvalue weighted by Crippen LogP contribution is 2.27. The number of anilines is 2. The Kier molecular flexibility index (Phi) is 8.94.